The molecule has 1 amide bonds. The Bertz CT molecular complexity index is 1140. The number of hydroxylamine groups is 1. The number of aryl methyl sites for hydroxylation is 1. The van der Waals surface area contributed by atoms with E-state index in [0.29, 0.717) is 25.5 Å². The number of alkyl halides is 3. The molecule has 0 spiro atoms. The van der Waals surface area contributed by atoms with Crippen LogP contribution >= 0.6 is 0 Å². The van der Waals surface area contributed by atoms with E-state index in [4.69, 9.17) is 4.84 Å². The van der Waals surface area contributed by atoms with Crippen molar-refractivity contribution in [2.75, 3.05) is 29.9 Å². The van der Waals surface area contributed by atoms with Gasteiger partial charge in [-0.2, -0.15) is 18.3 Å². The first kappa shape index (κ1) is 25.8. The van der Waals surface area contributed by atoms with Gasteiger partial charge in [-0.1, -0.05) is 0 Å². The Morgan fingerprint density at radius 1 is 1.31 bits per heavy atom. The standard InChI is InChI=1S/C22H28F3N7O4/c1-12(28-16-10-27-30-20(35)19(16)22(23,24)25)11-36-31-18(34)8-13-4-6-32(7-5-13)21-26-9-14-15(29-21)2-3-17(14)33/h9-10,12-13,17,33H,2-8,11H2,1H3,(H,31,34)(H2,28,30,35). The fourth-order valence-electron chi connectivity index (χ4n) is 4.46. The van der Waals surface area contributed by atoms with E-state index in [1.54, 1.807) is 18.2 Å². The van der Waals surface area contributed by atoms with Crippen LogP contribution in [0.15, 0.2) is 17.2 Å². The highest BCUT2D eigenvalue weighted by Gasteiger charge is 2.37. The molecule has 0 radical (unpaired) electrons. The van der Waals surface area contributed by atoms with E-state index in [2.05, 4.69) is 30.8 Å². The number of rotatable bonds is 8. The van der Waals surface area contributed by atoms with Gasteiger partial charge in [0.25, 0.3) is 5.56 Å². The predicted octanol–water partition coefficient (Wildman–Crippen LogP) is 1.71. The molecule has 196 valence electrons. The summed E-state index contributed by atoms with van der Waals surface area (Å²) in [5, 5.41) is 17.6. The van der Waals surface area contributed by atoms with Gasteiger partial charge >= 0.3 is 6.18 Å². The number of hydrogen-bond acceptors (Lipinski definition) is 9. The molecule has 1 fully saturated rings. The van der Waals surface area contributed by atoms with Crippen LogP contribution in [0.5, 0.6) is 0 Å². The van der Waals surface area contributed by atoms with Crippen LogP contribution in [0.2, 0.25) is 0 Å². The summed E-state index contributed by atoms with van der Waals surface area (Å²) in [5.74, 6) is 0.463. The number of hydrogen-bond donors (Lipinski definition) is 4. The van der Waals surface area contributed by atoms with Crippen LogP contribution < -0.4 is 21.3 Å². The topological polar surface area (TPSA) is 145 Å². The molecule has 11 nitrogen and oxygen atoms in total. The first-order valence-corrected chi connectivity index (χ1v) is 11.7. The molecular formula is C22H28F3N7O4. The molecule has 0 bridgehead atoms. The average Bonchev–Trinajstić information content (AvgIpc) is 3.19. The van der Waals surface area contributed by atoms with Gasteiger partial charge in [0.1, 0.15) is 5.56 Å². The molecule has 2 aliphatic rings. The van der Waals surface area contributed by atoms with Crippen LogP contribution in [-0.2, 0) is 22.2 Å². The number of carbonyl (C=O) groups is 1. The molecular weight excluding hydrogens is 483 g/mol. The monoisotopic (exact) mass is 511 g/mol. The van der Waals surface area contributed by atoms with Crippen molar-refractivity contribution in [3.8, 4) is 0 Å². The van der Waals surface area contributed by atoms with Crippen molar-refractivity contribution in [1.29, 1.82) is 0 Å². The maximum Gasteiger partial charge on any atom is 0.423 e. The van der Waals surface area contributed by atoms with E-state index >= 15 is 0 Å². The largest absolute Gasteiger partial charge is 0.423 e. The van der Waals surface area contributed by atoms with Crippen molar-refractivity contribution in [2.24, 2.45) is 5.92 Å². The van der Waals surface area contributed by atoms with Crippen molar-refractivity contribution in [2.45, 2.75) is 57.3 Å². The second-order valence-electron chi connectivity index (χ2n) is 9.13. The lowest BCUT2D eigenvalue weighted by Gasteiger charge is -2.31. The van der Waals surface area contributed by atoms with E-state index in [-0.39, 0.29) is 24.9 Å². The molecule has 2 aromatic rings. The zero-order chi connectivity index (χ0) is 25.9. The molecule has 2 atom stereocenters. The molecule has 4 N–H and O–H groups in total. The van der Waals surface area contributed by atoms with Gasteiger partial charge in [-0.15, -0.1) is 0 Å². The molecule has 4 rings (SSSR count). The highest BCUT2D eigenvalue weighted by atomic mass is 19.4. The Balaban J connectivity index is 1.18. The Morgan fingerprint density at radius 2 is 2.06 bits per heavy atom. The molecule has 3 heterocycles. The van der Waals surface area contributed by atoms with Gasteiger partial charge in [0.05, 0.1) is 30.3 Å². The molecule has 14 heteroatoms. The summed E-state index contributed by atoms with van der Waals surface area (Å²) in [4.78, 5) is 40.0. The van der Waals surface area contributed by atoms with Gasteiger partial charge in [0.2, 0.25) is 11.9 Å². The first-order chi connectivity index (χ1) is 17.1. The summed E-state index contributed by atoms with van der Waals surface area (Å²) in [6.07, 6.45) is 0.425. The van der Waals surface area contributed by atoms with Gasteiger partial charge in [-0.05, 0) is 38.5 Å². The lowest BCUT2D eigenvalue weighted by Crippen LogP contribution is -2.37. The van der Waals surface area contributed by atoms with Gasteiger partial charge in [0.15, 0.2) is 0 Å². The van der Waals surface area contributed by atoms with Crippen LogP contribution in [0.4, 0.5) is 24.8 Å². The van der Waals surface area contributed by atoms with Crippen LogP contribution in [0.1, 0.15) is 55.5 Å². The molecule has 1 aliphatic carbocycles. The highest BCUT2D eigenvalue weighted by molar-refractivity contribution is 5.75. The zero-order valence-electron chi connectivity index (χ0n) is 19.6. The number of aromatic nitrogens is 4. The molecule has 36 heavy (non-hydrogen) atoms. The number of aliphatic hydroxyl groups is 1. The van der Waals surface area contributed by atoms with E-state index in [1.165, 1.54) is 0 Å². The van der Waals surface area contributed by atoms with Crippen molar-refractivity contribution in [3.05, 3.63) is 39.6 Å². The van der Waals surface area contributed by atoms with Crippen molar-refractivity contribution >= 4 is 17.5 Å². The Morgan fingerprint density at radius 3 is 2.78 bits per heavy atom. The normalized spacial score (nSPS) is 19.1. The smallest absolute Gasteiger partial charge is 0.388 e. The summed E-state index contributed by atoms with van der Waals surface area (Å²) in [6, 6.07) is -0.647. The fourth-order valence-corrected chi connectivity index (χ4v) is 4.46. The number of aliphatic hydroxyl groups excluding tert-OH is 1. The third-order valence-electron chi connectivity index (χ3n) is 6.33. The molecule has 0 saturated carbocycles. The lowest BCUT2D eigenvalue weighted by molar-refractivity contribution is -0.138. The van der Waals surface area contributed by atoms with Gasteiger partial charge in [-0.3, -0.25) is 14.4 Å². The number of halogens is 3. The average molecular weight is 512 g/mol. The SMILES string of the molecule is CC(CONC(=O)CC1CCN(c2ncc3c(n2)CCC3O)CC1)Nc1cn[nH]c(=O)c1C(F)(F)F. The number of anilines is 2. The maximum absolute atomic E-state index is 13.1. The number of nitrogens with one attached hydrogen (secondary N) is 3. The van der Waals surface area contributed by atoms with Gasteiger partial charge in [-0.25, -0.2) is 20.5 Å². The summed E-state index contributed by atoms with van der Waals surface area (Å²) in [7, 11) is 0. The van der Waals surface area contributed by atoms with Crippen molar-refractivity contribution in [3.63, 3.8) is 0 Å². The van der Waals surface area contributed by atoms with Crippen molar-refractivity contribution < 1.29 is 27.9 Å². The summed E-state index contributed by atoms with van der Waals surface area (Å²) in [6.45, 7) is 2.82. The minimum absolute atomic E-state index is 0.126. The van der Waals surface area contributed by atoms with Crippen LogP contribution in [0, 0.1) is 5.92 Å². The number of fused-ring (bicyclic) bond motifs is 1. The number of piperidine rings is 1. The quantitative estimate of drug-likeness (QED) is 0.389. The van der Waals surface area contributed by atoms with E-state index in [9.17, 15) is 27.9 Å². The molecule has 1 saturated heterocycles. The second-order valence-corrected chi connectivity index (χ2v) is 9.13. The maximum atomic E-state index is 13.1. The van der Waals surface area contributed by atoms with E-state index in [1.807, 2.05) is 0 Å². The summed E-state index contributed by atoms with van der Waals surface area (Å²) in [5.41, 5.74) is 0.829. The van der Waals surface area contributed by atoms with Crippen LogP contribution in [0.25, 0.3) is 0 Å². The molecule has 1 aliphatic heterocycles. The Hall–Kier alpha value is -3.26. The van der Waals surface area contributed by atoms with Crippen LogP contribution in [-0.4, -0.2) is 56.9 Å². The van der Waals surface area contributed by atoms with E-state index < -0.39 is 35.1 Å². The number of carbonyl (C=O) groups excluding carboxylic acids is 1. The lowest BCUT2D eigenvalue weighted by atomic mass is 9.93. The van der Waals surface area contributed by atoms with E-state index in [0.717, 1.165) is 36.7 Å². The van der Waals surface area contributed by atoms with Crippen molar-refractivity contribution in [1.82, 2.24) is 25.6 Å². The van der Waals surface area contributed by atoms with Gasteiger partial charge < -0.3 is 15.3 Å². The Kier molecular flexibility index (Phi) is 7.73. The highest BCUT2D eigenvalue weighted by Crippen LogP contribution is 2.32. The third kappa shape index (κ3) is 6.10. The minimum Gasteiger partial charge on any atom is -0.388 e. The molecule has 2 aromatic heterocycles. The fraction of sp³-hybridized carbons (Fsp3) is 0.591. The third-order valence-corrected chi connectivity index (χ3v) is 6.33. The first-order valence-electron chi connectivity index (χ1n) is 11.7. The second kappa shape index (κ2) is 10.8. The minimum atomic E-state index is -4.85. The zero-order valence-corrected chi connectivity index (χ0v) is 19.6. The number of H-pyrrole nitrogens is 1. The number of nitrogens with zero attached hydrogens (tertiary/aromatic N) is 4. The molecule has 0 aromatic carbocycles. The number of aromatic amines is 1. The van der Waals surface area contributed by atoms with Crippen LogP contribution in [0.3, 0.4) is 0 Å². The Labute approximate surface area is 204 Å². The summed E-state index contributed by atoms with van der Waals surface area (Å²) >= 11 is 0. The molecule has 2 unspecified atom stereocenters. The predicted molar refractivity (Wildman–Crippen MR) is 122 cm³/mol. The van der Waals surface area contributed by atoms with Gasteiger partial charge in [0, 0.05) is 37.3 Å². The number of amides is 1. The summed E-state index contributed by atoms with van der Waals surface area (Å²) < 4.78 is 39.4.